The van der Waals surface area contributed by atoms with Crippen LogP contribution in [0.3, 0.4) is 0 Å². The molecule has 162 valence electrons. The summed E-state index contributed by atoms with van der Waals surface area (Å²) in [5.41, 5.74) is 0.669. The molecule has 1 fully saturated rings. The van der Waals surface area contributed by atoms with Crippen LogP contribution in [0.2, 0.25) is 0 Å². The first-order valence-electron chi connectivity index (χ1n) is 11.1. The standard InChI is InChI=1S/C29H29O2P/c1-29(2)23-30-28(24-15-7-3-8-16-24)32(31-29,25-17-9-4-10-18-25,26-19-11-5-12-20-26)27-21-13-6-14-22-27/h3-22,28H,23H2,1-2H3. The predicted molar refractivity (Wildman–Crippen MR) is 135 cm³/mol. The van der Waals surface area contributed by atoms with Gasteiger partial charge in [-0.2, -0.15) is 0 Å². The SMILES string of the molecule is CC1(C)COC(c2ccccc2)P(c2ccccc2)(c2ccccc2)(c2ccccc2)O1. The average Bonchev–Trinajstić information content (AvgIpc) is 2.85. The molecule has 1 unspecified atom stereocenters. The third-order valence-corrected chi connectivity index (χ3v) is 12.6. The van der Waals surface area contributed by atoms with E-state index >= 15 is 0 Å². The summed E-state index contributed by atoms with van der Waals surface area (Å²) in [6, 6.07) is 42.8. The van der Waals surface area contributed by atoms with Gasteiger partial charge in [0.2, 0.25) is 0 Å². The molecular formula is C29H29O2P. The third kappa shape index (κ3) is 3.06. The minimum absolute atomic E-state index is 0.262. The van der Waals surface area contributed by atoms with Crippen molar-refractivity contribution in [3.8, 4) is 0 Å². The predicted octanol–water partition coefficient (Wildman–Crippen LogP) is 5.96. The molecule has 3 heteroatoms. The van der Waals surface area contributed by atoms with E-state index in [0.29, 0.717) is 6.61 Å². The zero-order valence-corrected chi connectivity index (χ0v) is 19.5. The van der Waals surface area contributed by atoms with E-state index in [4.69, 9.17) is 9.26 Å². The average molecular weight is 441 g/mol. The van der Waals surface area contributed by atoms with Crippen LogP contribution in [0.25, 0.3) is 0 Å². The van der Waals surface area contributed by atoms with E-state index in [1.54, 1.807) is 0 Å². The Kier molecular flexibility index (Phi) is 5.26. The summed E-state index contributed by atoms with van der Waals surface area (Å²) in [4.78, 5) is 0. The fraction of sp³-hybridized carbons (Fsp3) is 0.172. The van der Waals surface area contributed by atoms with E-state index in [2.05, 4.69) is 135 Å². The molecule has 1 aliphatic rings. The Labute approximate surface area is 190 Å². The summed E-state index contributed by atoms with van der Waals surface area (Å²) in [7, 11) is 0. The molecular weight excluding hydrogens is 411 g/mol. The van der Waals surface area contributed by atoms with Crippen LogP contribution in [0.4, 0.5) is 0 Å². The van der Waals surface area contributed by atoms with Crippen molar-refractivity contribution in [3.63, 3.8) is 0 Å². The van der Waals surface area contributed by atoms with Crippen LogP contribution in [0, 0.1) is 0 Å². The van der Waals surface area contributed by atoms with Crippen molar-refractivity contribution >= 4 is 22.7 Å². The second-order valence-electron chi connectivity index (χ2n) is 9.03. The van der Waals surface area contributed by atoms with E-state index in [9.17, 15) is 0 Å². The molecule has 0 amide bonds. The number of rotatable bonds is 4. The Balaban J connectivity index is 2.01. The molecule has 0 N–H and O–H groups in total. The summed E-state index contributed by atoms with van der Waals surface area (Å²) in [6.45, 7) is 1.19. The Morgan fingerprint density at radius 2 is 0.969 bits per heavy atom. The van der Waals surface area contributed by atoms with Crippen molar-refractivity contribution in [1.29, 1.82) is 0 Å². The number of hydrogen-bond acceptors (Lipinski definition) is 2. The van der Waals surface area contributed by atoms with Gasteiger partial charge in [-0.05, 0) is 0 Å². The van der Waals surface area contributed by atoms with Crippen molar-refractivity contribution in [3.05, 3.63) is 127 Å². The normalized spacial score (nSPS) is 22.3. The van der Waals surface area contributed by atoms with E-state index in [1.165, 1.54) is 15.9 Å². The first-order valence-corrected chi connectivity index (χ1v) is 13.3. The van der Waals surface area contributed by atoms with Crippen molar-refractivity contribution in [1.82, 2.24) is 0 Å². The summed E-state index contributed by atoms with van der Waals surface area (Å²) < 4.78 is 14.5. The molecule has 1 saturated heterocycles. The molecule has 0 aromatic heterocycles. The van der Waals surface area contributed by atoms with Crippen LogP contribution < -0.4 is 15.9 Å². The zero-order valence-electron chi connectivity index (χ0n) is 18.6. The Morgan fingerprint density at radius 3 is 1.38 bits per heavy atom. The fourth-order valence-electron chi connectivity index (χ4n) is 5.19. The monoisotopic (exact) mass is 440 g/mol. The van der Waals surface area contributed by atoms with Gasteiger partial charge in [0.15, 0.2) is 0 Å². The molecule has 0 spiro atoms. The molecule has 1 heterocycles. The van der Waals surface area contributed by atoms with Gasteiger partial charge in [-0.3, -0.25) is 0 Å². The maximum absolute atomic E-state index is 7.58. The van der Waals surface area contributed by atoms with Gasteiger partial charge in [0, 0.05) is 0 Å². The van der Waals surface area contributed by atoms with Gasteiger partial charge < -0.3 is 0 Å². The molecule has 4 aromatic carbocycles. The first-order chi connectivity index (χ1) is 15.6. The van der Waals surface area contributed by atoms with Gasteiger partial charge in [0.1, 0.15) is 0 Å². The maximum atomic E-state index is 7.58. The van der Waals surface area contributed by atoms with Gasteiger partial charge in [-0.1, -0.05) is 0 Å². The van der Waals surface area contributed by atoms with Gasteiger partial charge in [0.25, 0.3) is 0 Å². The number of benzene rings is 4. The molecule has 0 saturated carbocycles. The van der Waals surface area contributed by atoms with Gasteiger partial charge in [0.05, 0.1) is 0 Å². The summed E-state index contributed by atoms with van der Waals surface area (Å²) in [6.07, 6.45) is 0. The topological polar surface area (TPSA) is 18.5 Å². The summed E-state index contributed by atoms with van der Waals surface area (Å²) >= 11 is 0. The molecule has 0 radical (unpaired) electrons. The third-order valence-electron chi connectivity index (χ3n) is 6.36. The van der Waals surface area contributed by atoms with E-state index < -0.39 is 12.4 Å². The van der Waals surface area contributed by atoms with Crippen molar-refractivity contribution in [2.45, 2.75) is 25.3 Å². The van der Waals surface area contributed by atoms with Crippen molar-refractivity contribution < 1.29 is 9.26 Å². The van der Waals surface area contributed by atoms with E-state index in [1.807, 2.05) is 0 Å². The van der Waals surface area contributed by atoms with E-state index in [-0.39, 0.29) is 5.85 Å². The van der Waals surface area contributed by atoms with Crippen LogP contribution in [0.15, 0.2) is 121 Å². The molecule has 1 atom stereocenters. The zero-order chi connectivity index (χ0) is 22.1. The molecule has 0 bridgehead atoms. The van der Waals surface area contributed by atoms with Crippen LogP contribution >= 0.6 is 6.83 Å². The number of hydrogen-bond donors (Lipinski definition) is 0. The molecule has 1 aliphatic heterocycles. The van der Waals surface area contributed by atoms with E-state index in [0.717, 1.165) is 5.56 Å². The second kappa shape index (κ2) is 7.98. The molecule has 2 nitrogen and oxygen atoms in total. The second-order valence-corrected chi connectivity index (χ2v) is 13.4. The summed E-state index contributed by atoms with van der Waals surface area (Å²) in [5, 5.41) is 3.53. The van der Waals surface area contributed by atoms with Crippen molar-refractivity contribution in [2.75, 3.05) is 6.61 Å². The fourth-order valence-corrected chi connectivity index (χ4v) is 11.8. The molecule has 4 aromatic rings. The molecule has 5 rings (SSSR count). The van der Waals surface area contributed by atoms with Gasteiger partial charge in [-0.15, -0.1) is 0 Å². The Hall–Kier alpha value is -2.77. The van der Waals surface area contributed by atoms with Crippen molar-refractivity contribution in [2.24, 2.45) is 0 Å². The van der Waals surface area contributed by atoms with Crippen LogP contribution in [0.5, 0.6) is 0 Å². The molecule has 0 aliphatic carbocycles. The Bertz CT molecular complexity index is 1080. The van der Waals surface area contributed by atoms with Gasteiger partial charge >= 0.3 is 191 Å². The number of ether oxygens (including phenoxy) is 1. The summed E-state index contributed by atoms with van der Waals surface area (Å²) in [5.74, 6) is -0.262. The quantitative estimate of drug-likeness (QED) is 0.365. The minimum atomic E-state index is -3.62. The first kappa shape index (κ1) is 21.1. The van der Waals surface area contributed by atoms with Crippen LogP contribution in [0.1, 0.15) is 25.3 Å². The van der Waals surface area contributed by atoms with Gasteiger partial charge in [-0.25, -0.2) is 0 Å². The Morgan fingerprint density at radius 1 is 0.594 bits per heavy atom. The van der Waals surface area contributed by atoms with Crippen LogP contribution in [-0.4, -0.2) is 12.2 Å². The van der Waals surface area contributed by atoms with Crippen LogP contribution in [-0.2, 0) is 9.26 Å². The molecule has 32 heavy (non-hydrogen) atoms.